The van der Waals surface area contributed by atoms with Crippen LogP contribution in [0.25, 0.3) is 0 Å². The van der Waals surface area contributed by atoms with Gasteiger partial charge in [0.15, 0.2) is 0 Å². The Bertz CT molecular complexity index is 406. The molecule has 1 fully saturated rings. The van der Waals surface area contributed by atoms with Crippen LogP contribution < -0.4 is 16.6 Å². The van der Waals surface area contributed by atoms with E-state index in [1.807, 2.05) is 6.07 Å². The Balaban J connectivity index is 2.13. The normalized spacial score (nSPS) is 20.4. The minimum absolute atomic E-state index is 0.283. The second-order valence-corrected chi connectivity index (χ2v) is 5.19. The van der Waals surface area contributed by atoms with Crippen molar-refractivity contribution in [2.75, 3.05) is 30.9 Å². The summed E-state index contributed by atoms with van der Waals surface area (Å²) in [5, 5.41) is 3.45. The zero-order chi connectivity index (χ0) is 13.1. The third kappa shape index (κ3) is 3.08. The summed E-state index contributed by atoms with van der Waals surface area (Å²) in [6, 6.07) is 2.31. The van der Waals surface area contributed by atoms with Gasteiger partial charge in [0.05, 0.1) is 0 Å². The van der Waals surface area contributed by atoms with E-state index in [4.69, 9.17) is 5.84 Å². The van der Waals surface area contributed by atoms with Gasteiger partial charge < -0.3 is 15.6 Å². The predicted molar refractivity (Wildman–Crippen MR) is 73.5 cm³/mol. The van der Waals surface area contributed by atoms with Crippen LogP contribution in [-0.2, 0) is 0 Å². The average molecular weight is 250 g/mol. The quantitative estimate of drug-likeness (QED) is 0.546. The van der Waals surface area contributed by atoms with E-state index in [9.17, 15) is 0 Å². The van der Waals surface area contributed by atoms with Crippen molar-refractivity contribution in [2.24, 2.45) is 5.84 Å². The Labute approximate surface area is 108 Å². The number of likely N-dealkylation sites (N-methyl/N-ethyl adjacent to an activating group) is 1. The minimum atomic E-state index is 0.283. The number of nitrogens with two attached hydrogens (primary N) is 1. The van der Waals surface area contributed by atoms with Gasteiger partial charge in [-0.2, -0.15) is 0 Å². The van der Waals surface area contributed by atoms with E-state index >= 15 is 0 Å². The fourth-order valence-electron chi connectivity index (χ4n) is 2.13. The van der Waals surface area contributed by atoms with Crippen LogP contribution in [0.15, 0.2) is 6.07 Å². The van der Waals surface area contributed by atoms with E-state index in [1.54, 1.807) is 0 Å². The zero-order valence-corrected chi connectivity index (χ0v) is 11.3. The highest BCUT2D eigenvalue weighted by Gasteiger charge is 2.20. The summed E-state index contributed by atoms with van der Waals surface area (Å²) in [5.41, 5.74) is 2.59. The molecule has 2 rings (SSSR count). The molecule has 1 aromatic heterocycles. The number of aromatic nitrogens is 2. The molecular weight excluding hydrogens is 228 g/mol. The number of nitrogen functional groups attached to an aromatic ring is 1. The van der Waals surface area contributed by atoms with Crippen molar-refractivity contribution in [1.29, 1.82) is 0 Å². The largest absolute Gasteiger partial charge is 0.366 e. The van der Waals surface area contributed by atoms with Gasteiger partial charge in [-0.25, -0.2) is 15.8 Å². The molecule has 1 unspecified atom stereocenters. The van der Waals surface area contributed by atoms with Gasteiger partial charge in [-0.05, 0) is 20.0 Å². The van der Waals surface area contributed by atoms with Crippen LogP contribution in [0.4, 0.5) is 11.6 Å². The second-order valence-electron chi connectivity index (χ2n) is 5.19. The molecule has 0 bridgehead atoms. The number of nitrogens with one attached hydrogen (secondary N) is 2. The molecule has 1 saturated heterocycles. The fraction of sp³-hybridized carbons (Fsp3) is 0.667. The number of hydrazine groups is 1. The van der Waals surface area contributed by atoms with Gasteiger partial charge in [-0.3, -0.25) is 0 Å². The molecule has 1 aromatic rings. The molecule has 0 saturated carbocycles. The van der Waals surface area contributed by atoms with Crippen molar-refractivity contribution in [1.82, 2.24) is 14.9 Å². The highest BCUT2D eigenvalue weighted by molar-refractivity contribution is 5.47. The summed E-state index contributed by atoms with van der Waals surface area (Å²) in [6.45, 7) is 6.32. The van der Waals surface area contributed by atoms with Crippen molar-refractivity contribution in [3.8, 4) is 0 Å². The van der Waals surface area contributed by atoms with Crippen LogP contribution in [0.2, 0.25) is 0 Å². The van der Waals surface area contributed by atoms with E-state index in [2.05, 4.69) is 46.5 Å². The molecule has 18 heavy (non-hydrogen) atoms. The molecule has 6 nitrogen and oxygen atoms in total. The second kappa shape index (κ2) is 5.49. The smallest absolute Gasteiger partial charge is 0.145 e. The molecule has 0 aliphatic carbocycles. The van der Waals surface area contributed by atoms with Gasteiger partial charge in [0.1, 0.15) is 17.5 Å². The highest BCUT2D eigenvalue weighted by Crippen LogP contribution is 2.19. The number of anilines is 2. The topological polar surface area (TPSA) is 79.1 Å². The van der Waals surface area contributed by atoms with Gasteiger partial charge in [-0.15, -0.1) is 0 Å². The predicted octanol–water partition coefficient (Wildman–Crippen LogP) is 1.00. The molecule has 1 aliphatic heterocycles. The third-order valence-corrected chi connectivity index (χ3v) is 3.15. The molecule has 2 heterocycles. The minimum Gasteiger partial charge on any atom is -0.366 e. The molecular formula is C12H22N6. The van der Waals surface area contributed by atoms with Crippen LogP contribution in [0.5, 0.6) is 0 Å². The Hall–Kier alpha value is -1.40. The van der Waals surface area contributed by atoms with Crippen LogP contribution in [0.1, 0.15) is 32.0 Å². The molecule has 0 amide bonds. The van der Waals surface area contributed by atoms with Crippen LogP contribution >= 0.6 is 0 Å². The molecule has 1 aliphatic rings. The van der Waals surface area contributed by atoms with Gasteiger partial charge >= 0.3 is 0 Å². The SMILES string of the molecule is CC(C)c1nc(NN)cc(NC2CCN(C)C2)n1. The molecule has 0 radical (unpaired) electrons. The standard InChI is InChI=1S/C12H22N6/c1-8(2)12-15-10(6-11(16-12)17-13)14-9-4-5-18(3)7-9/h6,8-9H,4-5,7,13H2,1-3H3,(H2,14,15,16,17). The van der Waals surface area contributed by atoms with Crippen molar-refractivity contribution in [3.63, 3.8) is 0 Å². The van der Waals surface area contributed by atoms with Gasteiger partial charge in [0.25, 0.3) is 0 Å². The number of rotatable bonds is 4. The maximum atomic E-state index is 5.44. The van der Waals surface area contributed by atoms with Crippen molar-refractivity contribution < 1.29 is 0 Å². The lowest BCUT2D eigenvalue weighted by atomic mass is 10.2. The Morgan fingerprint density at radius 3 is 2.67 bits per heavy atom. The van der Waals surface area contributed by atoms with Crippen LogP contribution in [-0.4, -0.2) is 41.0 Å². The molecule has 100 valence electrons. The number of hydrogen-bond acceptors (Lipinski definition) is 6. The lowest BCUT2D eigenvalue weighted by Gasteiger charge is -2.15. The lowest BCUT2D eigenvalue weighted by Crippen LogP contribution is -2.24. The van der Waals surface area contributed by atoms with Crippen molar-refractivity contribution >= 4 is 11.6 Å². The lowest BCUT2D eigenvalue weighted by molar-refractivity contribution is 0.414. The van der Waals surface area contributed by atoms with E-state index < -0.39 is 0 Å². The Kier molecular flexibility index (Phi) is 3.98. The van der Waals surface area contributed by atoms with Gasteiger partial charge in [0, 0.05) is 24.6 Å². The maximum absolute atomic E-state index is 5.44. The van der Waals surface area contributed by atoms with E-state index in [0.29, 0.717) is 11.9 Å². The first kappa shape index (κ1) is 13.0. The molecule has 0 aromatic carbocycles. The Morgan fingerprint density at radius 2 is 2.11 bits per heavy atom. The number of hydrogen-bond donors (Lipinski definition) is 3. The van der Waals surface area contributed by atoms with Crippen molar-refractivity contribution in [2.45, 2.75) is 32.2 Å². The summed E-state index contributed by atoms with van der Waals surface area (Å²) in [7, 11) is 2.13. The first-order valence-electron chi connectivity index (χ1n) is 6.39. The fourth-order valence-corrected chi connectivity index (χ4v) is 2.13. The summed E-state index contributed by atoms with van der Waals surface area (Å²) in [6.07, 6.45) is 1.14. The maximum Gasteiger partial charge on any atom is 0.145 e. The number of likely N-dealkylation sites (tertiary alicyclic amines) is 1. The molecule has 0 spiro atoms. The van der Waals surface area contributed by atoms with E-state index in [1.165, 1.54) is 0 Å². The van der Waals surface area contributed by atoms with Crippen LogP contribution in [0, 0.1) is 0 Å². The molecule has 1 atom stereocenters. The van der Waals surface area contributed by atoms with E-state index in [0.717, 1.165) is 31.2 Å². The third-order valence-electron chi connectivity index (χ3n) is 3.15. The molecule has 6 heteroatoms. The summed E-state index contributed by atoms with van der Waals surface area (Å²) in [4.78, 5) is 11.2. The van der Waals surface area contributed by atoms with Gasteiger partial charge in [0.2, 0.25) is 0 Å². The van der Waals surface area contributed by atoms with Crippen molar-refractivity contribution in [3.05, 3.63) is 11.9 Å². The number of nitrogens with zero attached hydrogens (tertiary/aromatic N) is 3. The monoisotopic (exact) mass is 250 g/mol. The highest BCUT2D eigenvalue weighted by atomic mass is 15.3. The van der Waals surface area contributed by atoms with Gasteiger partial charge in [-0.1, -0.05) is 13.8 Å². The average Bonchev–Trinajstić information content (AvgIpc) is 2.74. The van der Waals surface area contributed by atoms with Crippen LogP contribution in [0.3, 0.4) is 0 Å². The zero-order valence-electron chi connectivity index (χ0n) is 11.3. The summed E-state index contributed by atoms with van der Waals surface area (Å²) < 4.78 is 0. The molecule has 4 N–H and O–H groups in total. The Morgan fingerprint density at radius 1 is 1.39 bits per heavy atom. The summed E-state index contributed by atoms with van der Waals surface area (Å²) >= 11 is 0. The summed E-state index contributed by atoms with van der Waals surface area (Å²) in [5.74, 6) is 8.03. The first-order valence-corrected chi connectivity index (χ1v) is 6.39. The first-order chi connectivity index (χ1) is 8.58. The van der Waals surface area contributed by atoms with E-state index in [-0.39, 0.29) is 5.92 Å².